The number of ketones is 1. The predicted octanol–water partition coefficient (Wildman–Crippen LogP) is 3.43. The number of rotatable bonds is 6. The van der Waals surface area contributed by atoms with Crippen molar-refractivity contribution in [3.05, 3.63) is 53.9 Å². The summed E-state index contributed by atoms with van der Waals surface area (Å²) in [5, 5.41) is 11.5. The zero-order chi connectivity index (χ0) is 21.3. The maximum absolute atomic E-state index is 10.0. The Morgan fingerprint density at radius 1 is 1.17 bits per heavy atom. The van der Waals surface area contributed by atoms with Crippen molar-refractivity contribution in [3.8, 4) is 11.3 Å². The van der Waals surface area contributed by atoms with Crippen molar-refractivity contribution >= 4 is 17.2 Å². The van der Waals surface area contributed by atoms with Crippen LogP contribution in [-0.2, 0) is 32.4 Å². The van der Waals surface area contributed by atoms with Gasteiger partial charge in [-0.25, -0.2) is 0 Å². The van der Waals surface area contributed by atoms with Crippen molar-refractivity contribution in [2.45, 2.75) is 20.4 Å². The Bertz CT molecular complexity index is 816. The minimum Gasteiger partial charge on any atom is -0.512 e. The molecule has 2 N–H and O–H groups in total. The van der Waals surface area contributed by atoms with Gasteiger partial charge in [0.25, 0.3) is 0 Å². The first-order valence-corrected chi connectivity index (χ1v) is 9.04. The van der Waals surface area contributed by atoms with Gasteiger partial charge >= 0.3 is 0 Å². The maximum Gasteiger partial charge on any atom is 0.155 e. The van der Waals surface area contributed by atoms with Crippen molar-refractivity contribution < 1.29 is 31.0 Å². The normalized spacial score (nSPS) is 10.4. The molecule has 162 valence electrons. The van der Waals surface area contributed by atoms with Gasteiger partial charge in [-0.3, -0.25) is 4.79 Å². The fraction of sp³-hybridized carbons (Fsp3) is 0.364. The minimum atomic E-state index is -0.125. The number of allylic oxidation sites excluding steroid dienone is 2. The number of pyridine rings is 1. The molecule has 0 radical (unpaired) electrons. The van der Waals surface area contributed by atoms with Gasteiger partial charge in [0.1, 0.15) is 0 Å². The van der Waals surface area contributed by atoms with Crippen LogP contribution in [-0.4, -0.2) is 51.1 Å². The van der Waals surface area contributed by atoms with Crippen molar-refractivity contribution in [1.82, 2.24) is 10.3 Å². The van der Waals surface area contributed by atoms with Gasteiger partial charge in [0.2, 0.25) is 0 Å². The van der Waals surface area contributed by atoms with Gasteiger partial charge in [-0.15, -0.1) is 23.8 Å². The van der Waals surface area contributed by atoms with E-state index in [1.807, 2.05) is 47.5 Å². The van der Waals surface area contributed by atoms with E-state index in [0.29, 0.717) is 0 Å². The quantitative estimate of drug-likeness (QED) is 0.311. The monoisotopic (exact) mass is 578 g/mol. The van der Waals surface area contributed by atoms with E-state index in [-0.39, 0.29) is 32.6 Å². The summed E-state index contributed by atoms with van der Waals surface area (Å²) in [6.45, 7) is 3.69. The molecule has 0 aliphatic rings. The number of hydrogen-bond acceptors (Lipinski definition) is 6. The number of nitrogens with one attached hydrogen (secondary N) is 1. The summed E-state index contributed by atoms with van der Waals surface area (Å²) in [5.74, 6) is -0.0625. The zero-order valence-electron chi connectivity index (χ0n) is 18.2. The number of hydrogen-bond donors (Lipinski definition) is 2. The smallest absolute Gasteiger partial charge is 0.155 e. The number of nitrogens with zero attached hydrogens (tertiary/aromatic N) is 3. The number of aromatic nitrogens is 1. The summed E-state index contributed by atoms with van der Waals surface area (Å²) < 4.78 is 0. The van der Waals surface area contributed by atoms with Crippen LogP contribution in [0.15, 0.2) is 42.3 Å². The van der Waals surface area contributed by atoms with Crippen LogP contribution in [0.5, 0.6) is 0 Å². The predicted molar refractivity (Wildman–Crippen MR) is 117 cm³/mol. The van der Waals surface area contributed by atoms with E-state index >= 15 is 0 Å². The Hall–Kier alpha value is -2.17. The molecule has 1 heterocycles. The number of carbonyl (C=O) groups excluding carboxylic acids is 1. The number of aliphatic hydroxyl groups excluding tert-OH is 1. The first-order valence-electron chi connectivity index (χ1n) is 9.04. The van der Waals surface area contributed by atoms with Crippen molar-refractivity contribution in [3.63, 3.8) is 0 Å². The molecule has 0 saturated carbocycles. The SMILES string of the molecule is CC(=O)/C=C(/C)O.CNCc1ccnc(-c2[c-]c(N(C)C)c(N(C)C)cc2)c1.[Pt]. The van der Waals surface area contributed by atoms with E-state index in [2.05, 4.69) is 44.4 Å². The average Bonchev–Trinajstić information content (AvgIpc) is 2.61. The molecule has 1 aromatic carbocycles. The van der Waals surface area contributed by atoms with Gasteiger partial charge in [0.05, 0.1) is 5.76 Å². The third-order valence-electron chi connectivity index (χ3n) is 3.73. The largest absolute Gasteiger partial charge is 0.512 e. The zero-order valence-corrected chi connectivity index (χ0v) is 20.5. The Morgan fingerprint density at radius 3 is 2.28 bits per heavy atom. The summed E-state index contributed by atoms with van der Waals surface area (Å²) in [6, 6.07) is 11.8. The molecule has 0 bridgehead atoms. The summed E-state index contributed by atoms with van der Waals surface area (Å²) in [5.41, 5.74) is 5.41. The van der Waals surface area contributed by atoms with Crippen molar-refractivity contribution in [1.29, 1.82) is 0 Å². The summed E-state index contributed by atoms with van der Waals surface area (Å²) in [6.07, 6.45) is 3.02. The standard InChI is InChI=1S/C17H23N4.C5H8O2.Pt/c1-18-12-13-8-9-19-15(10-13)14-6-7-16(20(2)3)17(11-14)21(4)5;1-4(6)3-5(2)7;/h6-10,18H,12H2,1-5H3;3,6H,1-2H3;/q-1;;/b;4-3-;. The molecule has 0 saturated heterocycles. The molecular formula is C22H31N4O2Pt-. The first-order chi connectivity index (χ1) is 13.1. The molecular weight excluding hydrogens is 547 g/mol. The fourth-order valence-electron chi connectivity index (χ4n) is 2.56. The number of anilines is 2. The van der Waals surface area contributed by atoms with E-state index in [9.17, 15) is 4.79 Å². The molecule has 0 aliphatic heterocycles. The van der Waals surface area contributed by atoms with Crippen LogP contribution in [0.3, 0.4) is 0 Å². The summed E-state index contributed by atoms with van der Waals surface area (Å²) in [7, 11) is 10.1. The van der Waals surface area contributed by atoms with E-state index < -0.39 is 0 Å². The molecule has 0 atom stereocenters. The molecule has 2 aromatic rings. The van der Waals surface area contributed by atoms with Crippen molar-refractivity contribution in [2.24, 2.45) is 0 Å². The van der Waals surface area contributed by atoms with Crippen LogP contribution < -0.4 is 15.1 Å². The average molecular weight is 579 g/mol. The summed E-state index contributed by atoms with van der Waals surface area (Å²) >= 11 is 0. The van der Waals surface area contributed by atoms with Crippen molar-refractivity contribution in [2.75, 3.05) is 45.0 Å². The van der Waals surface area contributed by atoms with Crippen LogP contribution >= 0.6 is 0 Å². The molecule has 7 heteroatoms. The number of benzene rings is 1. The molecule has 6 nitrogen and oxygen atoms in total. The Labute approximate surface area is 188 Å². The molecule has 2 rings (SSSR count). The van der Waals surface area contributed by atoms with Gasteiger partial charge in [-0.2, -0.15) is 0 Å². The van der Waals surface area contributed by atoms with E-state index in [1.165, 1.54) is 25.5 Å². The number of carbonyl (C=O) groups is 1. The van der Waals surface area contributed by atoms with Crippen LogP contribution in [0, 0.1) is 6.07 Å². The van der Waals surface area contributed by atoms with Gasteiger partial charge in [-0.1, -0.05) is 6.07 Å². The van der Waals surface area contributed by atoms with E-state index in [1.54, 1.807) is 0 Å². The van der Waals surface area contributed by atoms with Gasteiger partial charge in [0, 0.05) is 54.0 Å². The Kier molecular flexibility index (Phi) is 12.1. The maximum atomic E-state index is 10.0. The number of aliphatic hydroxyl groups is 1. The fourth-order valence-corrected chi connectivity index (χ4v) is 2.56. The third kappa shape index (κ3) is 9.24. The van der Waals surface area contributed by atoms with Crippen LogP contribution in [0.4, 0.5) is 11.4 Å². The van der Waals surface area contributed by atoms with Gasteiger partial charge in [0.15, 0.2) is 5.78 Å². The van der Waals surface area contributed by atoms with E-state index in [0.717, 1.165) is 29.2 Å². The van der Waals surface area contributed by atoms with Crippen LogP contribution in [0.25, 0.3) is 11.3 Å². The second kappa shape index (κ2) is 13.1. The van der Waals surface area contributed by atoms with Crippen LogP contribution in [0.2, 0.25) is 0 Å². The Balaban J connectivity index is 0.000000846. The second-order valence-corrected chi connectivity index (χ2v) is 6.87. The molecule has 0 amide bonds. The molecule has 0 spiro atoms. The molecule has 0 aliphatic carbocycles. The van der Waals surface area contributed by atoms with Gasteiger partial charge in [-0.05, 0) is 63.7 Å². The van der Waals surface area contributed by atoms with E-state index in [4.69, 9.17) is 5.11 Å². The van der Waals surface area contributed by atoms with Crippen LogP contribution in [0.1, 0.15) is 19.4 Å². The van der Waals surface area contributed by atoms with Gasteiger partial charge < -0.3 is 25.2 Å². The molecule has 29 heavy (non-hydrogen) atoms. The third-order valence-corrected chi connectivity index (χ3v) is 3.73. The Morgan fingerprint density at radius 2 is 1.83 bits per heavy atom. The first kappa shape index (κ1) is 26.8. The minimum absolute atomic E-state index is 0. The molecule has 1 aromatic heterocycles. The molecule has 0 fully saturated rings. The summed E-state index contributed by atoms with van der Waals surface area (Å²) in [4.78, 5) is 18.7. The molecule has 0 unspecified atom stereocenters. The topological polar surface area (TPSA) is 68.7 Å². The second-order valence-electron chi connectivity index (χ2n) is 6.87.